The Hall–Kier alpha value is -0.640. The minimum Gasteiger partial charge on any atom is -0.481 e. The van der Waals surface area contributed by atoms with Crippen molar-refractivity contribution in [2.45, 2.75) is 25.0 Å². The Morgan fingerprint density at radius 2 is 1.17 bits per heavy atom. The fourth-order valence-corrected chi connectivity index (χ4v) is 2.72. The molecule has 2 saturated heterocycles. The number of aliphatic carboxylic acids is 2. The van der Waals surface area contributed by atoms with Crippen molar-refractivity contribution in [3.05, 3.63) is 0 Å². The van der Waals surface area contributed by atoms with E-state index in [1.807, 2.05) is 0 Å². The van der Waals surface area contributed by atoms with Gasteiger partial charge in [0.1, 0.15) is 0 Å². The zero-order valence-corrected chi connectivity index (χ0v) is 15.5. The summed E-state index contributed by atoms with van der Waals surface area (Å²) in [6, 6.07) is 0. The quantitative estimate of drug-likeness (QED) is 0.538. The van der Waals surface area contributed by atoms with Gasteiger partial charge in [-0.05, 0) is 25.9 Å². The van der Waals surface area contributed by atoms with Gasteiger partial charge in [-0.3, -0.25) is 9.59 Å². The van der Waals surface area contributed by atoms with Gasteiger partial charge in [0.05, 0.1) is 24.0 Å². The van der Waals surface area contributed by atoms with Crippen LogP contribution in [0.5, 0.6) is 0 Å². The predicted octanol–water partition coefficient (Wildman–Crippen LogP) is 0.235. The summed E-state index contributed by atoms with van der Waals surface area (Å²) in [6.07, 6.45) is 0.990. The standard InChI is InChI=1S/2C7H13NO3.2ClH/c2*1-11-6-4-8-3-2-5(6)7(9)10;;/h2*5-6,8H,2-4H2,1H3,(H,9,10);2*1H/t2*5-,6+;;/m10../s1. The number of ether oxygens (including phenoxy) is 2. The van der Waals surface area contributed by atoms with E-state index in [0.717, 1.165) is 13.1 Å². The van der Waals surface area contributed by atoms with Gasteiger partial charge < -0.3 is 30.3 Å². The van der Waals surface area contributed by atoms with Crippen LogP contribution in [0.15, 0.2) is 0 Å². The number of piperidine rings is 2. The zero-order chi connectivity index (χ0) is 16.5. The molecule has 0 spiro atoms. The van der Waals surface area contributed by atoms with Crippen LogP contribution in [0.1, 0.15) is 12.8 Å². The molecule has 0 amide bonds. The fourth-order valence-electron chi connectivity index (χ4n) is 2.72. The van der Waals surface area contributed by atoms with Crippen molar-refractivity contribution in [1.29, 1.82) is 0 Å². The van der Waals surface area contributed by atoms with E-state index in [1.165, 1.54) is 0 Å². The molecule has 0 aromatic heterocycles. The average Bonchev–Trinajstić information content (AvgIpc) is 2.55. The Morgan fingerprint density at radius 3 is 1.38 bits per heavy atom. The van der Waals surface area contributed by atoms with Gasteiger partial charge in [-0.1, -0.05) is 0 Å². The fraction of sp³-hybridized carbons (Fsp3) is 0.857. The lowest BCUT2D eigenvalue weighted by Gasteiger charge is -2.27. The Bertz CT molecular complexity index is 341. The van der Waals surface area contributed by atoms with Crippen LogP contribution in [0.2, 0.25) is 0 Å². The first-order valence-electron chi connectivity index (χ1n) is 7.43. The van der Waals surface area contributed by atoms with Crippen LogP contribution in [0.3, 0.4) is 0 Å². The zero-order valence-electron chi connectivity index (χ0n) is 13.9. The van der Waals surface area contributed by atoms with E-state index in [2.05, 4.69) is 10.6 Å². The monoisotopic (exact) mass is 390 g/mol. The minimum absolute atomic E-state index is 0. The van der Waals surface area contributed by atoms with Crippen molar-refractivity contribution in [3.63, 3.8) is 0 Å². The maximum absolute atomic E-state index is 10.6. The van der Waals surface area contributed by atoms with E-state index < -0.39 is 11.9 Å². The van der Waals surface area contributed by atoms with Gasteiger partial charge in [0.25, 0.3) is 0 Å². The van der Waals surface area contributed by atoms with Crippen LogP contribution in [0.25, 0.3) is 0 Å². The van der Waals surface area contributed by atoms with E-state index in [1.54, 1.807) is 14.2 Å². The van der Waals surface area contributed by atoms with Crippen molar-refractivity contribution < 1.29 is 29.3 Å². The number of hydrogen-bond acceptors (Lipinski definition) is 6. The Labute approximate surface area is 154 Å². The second-order valence-electron chi connectivity index (χ2n) is 5.42. The average molecular weight is 391 g/mol. The SMILES string of the molecule is CO[C@@H]1CNCC[C@@H]1C(=O)O.CO[C@H]1CNCC[C@H]1C(=O)O.Cl.Cl. The molecule has 8 nitrogen and oxygen atoms in total. The van der Waals surface area contributed by atoms with Crippen LogP contribution in [-0.4, -0.2) is 74.8 Å². The number of nitrogens with one attached hydrogen (secondary N) is 2. The number of carboxylic acids is 2. The van der Waals surface area contributed by atoms with Crippen molar-refractivity contribution in [2.24, 2.45) is 11.8 Å². The molecule has 2 aliphatic heterocycles. The molecule has 4 N–H and O–H groups in total. The third-order valence-corrected chi connectivity index (χ3v) is 4.09. The highest BCUT2D eigenvalue weighted by Gasteiger charge is 2.31. The molecule has 0 radical (unpaired) electrons. The van der Waals surface area contributed by atoms with E-state index in [0.29, 0.717) is 25.9 Å². The largest absolute Gasteiger partial charge is 0.481 e. The number of halogens is 2. The summed E-state index contributed by atoms with van der Waals surface area (Å²) < 4.78 is 10.0. The molecule has 2 heterocycles. The molecule has 0 bridgehead atoms. The van der Waals surface area contributed by atoms with Gasteiger partial charge >= 0.3 is 11.9 Å². The third kappa shape index (κ3) is 7.96. The second kappa shape index (κ2) is 13.6. The van der Waals surface area contributed by atoms with Gasteiger partial charge in [-0.15, -0.1) is 24.8 Å². The summed E-state index contributed by atoms with van der Waals surface area (Å²) in [7, 11) is 3.10. The maximum Gasteiger partial charge on any atom is 0.309 e. The molecular formula is C14H28Cl2N2O6. The van der Waals surface area contributed by atoms with Crippen LogP contribution in [0.4, 0.5) is 0 Å². The van der Waals surface area contributed by atoms with Crippen LogP contribution in [-0.2, 0) is 19.1 Å². The molecule has 2 aliphatic rings. The maximum atomic E-state index is 10.6. The highest BCUT2D eigenvalue weighted by atomic mass is 35.5. The highest BCUT2D eigenvalue weighted by molar-refractivity contribution is 5.85. The minimum atomic E-state index is -0.752. The first-order chi connectivity index (χ1) is 10.5. The number of carbonyl (C=O) groups is 2. The van der Waals surface area contributed by atoms with Crippen LogP contribution >= 0.6 is 24.8 Å². The summed E-state index contributed by atoms with van der Waals surface area (Å²) in [4.78, 5) is 21.2. The van der Waals surface area contributed by atoms with Crippen molar-refractivity contribution in [1.82, 2.24) is 10.6 Å². The van der Waals surface area contributed by atoms with Gasteiger partial charge in [-0.25, -0.2) is 0 Å². The van der Waals surface area contributed by atoms with E-state index in [4.69, 9.17) is 19.7 Å². The van der Waals surface area contributed by atoms with Crippen LogP contribution < -0.4 is 10.6 Å². The normalized spacial score (nSPS) is 29.1. The molecule has 0 aromatic rings. The van der Waals surface area contributed by atoms with E-state index >= 15 is 0 Å². The summed E-state index contributed by atoms with van der Waals surface area (Å²) >= 11 is 0. The predicted molar refractivity (Wildman–Crippen MR) is 93.3 cm³/mol. The second-order valence-corrected chi connectivity index (χ2v) is 5.42. The lowest BCUT2D eigenvalue weighted by Crippen LogP contribution is -2.44. The first kappa shape index (κ1) is 25.6. The molecule has 0 saturated carbocycles. The first-order valence-corrected chi connectivity index (χ1v) is 7.43. The van der Waals surface area contributed by atoms with Gasteiger partial charge in [0.2, 0.25) is 0 Å². The molecular weight excluding hydrogens is 363 g/mol. The van der Waals surface area contributed by atoms with Crippen LogP contribution in [0, 0.1) is 11.8 Å². The van der Waals surface area contributed by atoms with Crippen molar-refractivity contribution >= 4 is 36.8 Å². The number of hydrogen-bond donors (Lipinski definition) is 4. The topological polar surface area (TPSA) is 117 Å². The Kier molecular flexibility index (Phi) is 14.5. The summed E-state index contributed by atoms with van der Waals surface area (Å²) in [5, 5.41) is 23.6. The Morgan fingerprint density at radius 1 is 0.833 bits per heavy atom. The molecule has 4 atom stereocenters. The summed E-state index contributed by atoms with van der Waals surface area (Å²) in [5.74, 6) is -2.17. The smallest absolute Gasteiger partial charge is 0.309 e. The van der Waals surface area contributed by atoms with Gasteiger partial charge in [0, 0.05) is 27.3 Å². The molecule has 24 heavy (non-hydrogen) atoms. The molecule has 2 rings (SSSR count). The van der Waals surface area contributed by atoms with Gasteiger partial charge in [-0.2, -0.15) is 0 Å². The lowest BCUT2D eigenvalue weighted by atomic mass is 9.95. The summed E-state index contributed by atoms with van der Waals surface area (Å²) in [5.41, 5.74) is 0. The number of rotatable bonds is 4. The lowest BCUT2D eigenvalue weighted by molar-refractivity contribution is -0.148. The number of carboxylic acid groups (broad SMARTS) is 2. The van der Waals surface area contributed by atoms with Crippen molar-refractivity contribution in [3.8, 4) is 0 Å². The van der Waals surface area contributed by atoms with Gasteiger partial charge in [0.15, 0.2) is 0 Å². The third-order valence-electron chi connectivity index (χ3n) is 4.09. The molecule has 10 heteroatoms. The molecule has 144 valence electrons. The number of methoxy groups -OCH3 is 2. The van der Waals surface area contributed by atoms with Crippen molar-refractivity contribution in [2.75, 3.05) is 40.4 Å². The summed E-state index contributed by atoms with van der Waals surface area (Å²) in [6.45, 7) is 2.84. The molecule has 2 fully saturated rings. The molecule has 0 aliphatic carbocycles. The Balaban J connectivity index is 0. The molecule has 0 unspecified atom stereocenters. The molecule has 0 aromatic carbocycles. The van der Waals surface area contributed by atoms with E-state index in [-0.39, 0.29) is 48.9 Å². The van der Waals surface area contributed by atoms with E-state index in [9.17, 15) is 9.59 Å². The highest BCUT2D eigenvalue weighted by Crippen LogP contribution is 2.15.